The topological polar surface area (TPSA) is 27.1 Å². The molecule has 62 valence electrons. The molecule has 1 heterocycles. The Hall–Kier alpha value is -0.640. The predicted octanol–water partition coefficient (Wildman–Crippen LogP) is 1.12. The van der Waals surface area contributed by atoms with Crippen LogP contribution >= 0.6 is 12.6 Å². The lowest BCUT2D eigenvalue weighted by Gasteiger charge is -1.99. The van der Waals surface area contributed by atoms with Crippen LogP contribution in [0.3, 0.4) is 0 Å². The van der Waals surface area contributed by atoms with Crippen molar-refractivity contribution in [1.29, 1.82) is 0 Å². The smallest absolute Gasteiger partial charge is 0.157 e. The minimum Gasteiger partial charge on any atom is -0.490 e. The van der Waals surface area contributed by atoms with Gasteiger partial charge in [0.05, 0.1) is 19.0 Å². The van der Waals surface area contributed by atoms with Gasteiger partial charge in [0.15, 0.2) is 5.75 Å². The maximum absolute atomic E-state index is 5.34. The zero-order chi connectivity index (χ0) is 8.10. The summed E-state index contributed by atoms with van der Waals surface area (Å²) in [6.07, 6.45) is 4.52. The molecule has 0 bridgehead atoms. The molecule has 4 heteroatoms. The Morgan fingerprint density at radius 1 is 1.73 bits per heavy atom. The Morgan fingerprint density at radius 3 is 3.09 bits per heavy atom. The number of rotatable bonds is 4. The van der Waals surface area contributed by atoms with Gasteiger partial charge in [0, 0.05) is 7.05 Å². The second kappa shape index (κ2) is 4.28. The molecule has 0 radical (unpaired) electrons. The first kappa shape index (κ1) is 8.46. The summed E-state index contributed by atoms with van der Waals surface area (Å²) in [5, 5.41) is 3.97. The summed E-state index contributed by atoms with van der Waals surface area (Å²) in [4.78, 5) is 0. The molecule has 0 aromatic carbocycles. The van der Waals surface area contributed by atoms with Crippen LogP contribution in [0.4, 0.5) is 0 Å². The Balaban J connectivity index is 2.27. The van der Waals surface area contributed by atoms with Crippen LogP contribution < -0.4 is 4.74 Å². The minimum absolute atomic E-state index is 0.717. The van der Waals surface area contributed by atoms with Crippen LogP contribution in [0.2, 0.25) is 0 Å². The summed E-state index contributed by atoms with van der Waals surface area (Å²) in [7, 11) is 1.87. The van der Waals surface area contributed by atoms with E-state index in [1.807, 2.05) is 13.2 Å². The third-order valence-corrected chi connectivity index (χ3v) is 1.57. The monoisotopic (exact) mass is 172 g/mol. The van der Waals surface area contributed by atoms with Crippen molar-refractivity contribution < 1.29 is 4.74 Å². The van der Waals surface area contributed by atoms with Gasteiger partial charge in [0.2, 0.25) is 0 Å². The molecule has 0 unspecified atom stereocenters. The lowest BCUT2D eigenvalue weighted by molar-refractivity contribution is 0.318. The van der Waals surface area contributed by atoms with Crippen molar-refractivity contribution in [2.45, 2.75) is 6.42 Å². The number of aromatic nitrogens is 2. The van der Waals surface area contributed by atoms with Crippen LogP contribution in [-0.4, -0.2) is 22.1 Å². The summed E-state index contributed by atoms with van der Waals surface area (Å²) >= 11 is 4.07. The maximum atomic E-state index is 5.34. The van der Waals surface area contributed by atoms with Crippen LogP contribution in [0.25, 0.3) is 0 Å². The zero-order valence-electron chi connectivity index (χ0n) is 6.53. The zero-order valence-corrected chi connectivity index (χ0v) is 7.42. The second-order valence-electron chi connectivity index (χ2n) is 2.28. The highest BCUT2D eigenvalue weighted by Gasteiger charge is 1.94. The van der Waals surface area contributed by atoms with E-state index in [0.29, 0.717) is 0 Å². The molecule has 0 N–H and O–H groups in total. The molecule has 0 saturated carbocycles. The van der Waals surface area contributed by atoms with Gasteiger partial charge in [-0.3, -0.25) is 4.68 Å². The predicted molar refractivity (Wildman–Crippen MR) is 47.2 cm³/mol. The van der Waals surface area contributed by atoms with Crippen LogP contribution in [0, 0.1) is 0 Å². The molecule has 0 spiro atoms. The van der Waals surface area contributed by atoms with Crippen molar-refractivity contribution in [3.05, 3.63) is 12.4 Å². The van der Waals surface area contributed by atoms with Crippen LogP contribution in [0.15, 0.2) is 12.4 Å². The van der Waals surface area contributed by atoms with Crippen molar-refractivity contribution >= 4 is 12.6 Å². The van der Waals surface area contributed by atoms with E-state index < -0.39 is 0 Å². The minimum atomic E-state index is 0.717. The molecule has 11 heavy (non-hydrogen) atoms. The highest BCUT2D eigenvalue weighted by Crippen LogP contribution is 2.06. The SMILES string of the molecule is Cn1cc(OCCCS)cn1. The molecule has 0 atom stereocenters. The van der Waals surface area contributed by atoms with Gasteiger partial charge in [0.25, 0.3) is 0 Å². The van der Waals surface area contributed by atoms with Gasteiger partial charge in [-0.1, -0.05) is 0 Å². The number of ether oxygens (including phenoxy) is 1. The third-order valence-electron chi connectivity index (χ3n) is 1.25. The largest absolute Gasteiger partial charge is 0.490 e. The summed E-state index contributed by atoms with van der Waals surface area (Å²) in [6.45, 7) is 0.717. The Bertz CT molecular complexity index is 212. The standard InChI is InChI=1S/C7H12N2OS/c1-9-6-7(5-8-9)10-3-2-4-11/h5-6,11H,2-4H2,1H3. The molecule has 0 aliphatic heterocycles. The third kappa shape index (κ3) is 2.84. The lowest BCUT2D eigenvalue weighted by atomic mass is 10.5. The second-order valence-corrected chi connectivity index (χ2v) is 2.72. The first-order chi connectivity index (χ1) is 5.33. The highest BCUT2D eigenvalue weighted by molar-refractivity contribution is 7.80. The van der Waals surface area contributed by atoms with E-state index >= 15 is 0 Å². The van der Waals surface area contributed by atoms with Gasteiger partial charge in [0.1, 0.15) is 0 Å². The number of hydrogen-bond donors (Lipinski definition) is 1. The Kier molecular flexibility index (Phi) is 3.29. The van der Waals surface area contributed by atoms with Crippen molar-refractivity contribution in [3.8, 4) is 5.75 Å². The van der Waals surface area contributed by atoms with Gasteiger partial charge in [-0.2, -0.15) is 17.7 Å². The number of nitrogens with zero attached hydrogens (tertiary/aromatic N) is 2. The quantitative estimate of drug-likeness (QED) is 0.544. The molecule has 3 nitrogen and oxygen atoms in total. The van der Waals surface area contributed by atoms with Gasteiger partial charge in [-0.25, -0.2) is 0 Å². The van der Waals surface area contributed by atoms with Crippen LogP contribution in [0.5, 0.6) is 5.75 Å². The van der Waals surface area contributed by atoms with Crippen LogP contribution in [-0.2, 0) is 7.05 Å². The molecule has 0 saturated heterocycles. The van der Waals surface area contributed by atoms with Gasteiger partial charge in [-0.05, 0) is 12.2 Å². The maximum Gasteiger partial charge on any atom is 0.157 e. The van der Waals surface area contributed by atoms with Gasteiger partial charge < -0.3 is 4.74 Å². The Morgan fingerprint density at radius 2 is 2.55 bits per heavy atom. The molecule has 0 amide bonds. The fourth-order valence-corrected chi connectivity index (χ4v) is 0.857. The number of aryl methyl sites for hydroxylation is 1. The Labute approximate surface area is 71.8 Å². The van der Waals surface area contributed by atoms with Gasteiger partial charge >= 0.3 is 0 Å². The summed E-state index contributed by atoms with van der Waals surface area (Å²) < 4.78 is 7.05. The summed E-state index contributed by atoms with van der Waals surface area (Å²) in [6, 6.07) is 0. The summed E-state index contributed by atoms with van der Waals surface area (Å²) in [5.74, 6) is 1.69. The summed E-state index contributed by atoms with van der Waals surface area (Å²) in [5.41, 5.74) is 0. The molecule has 1 rings (SSSR count). The van der Waals surface area contributed by atoms with E-state index in [4.69, 9.17) is 4.74 Å². The molecular weight excluding hydrogens is 160 g/mol. The van der Waals surface area contributed by atoms with Crippen molar-refractivity contribution in [2.75, 3.05) is 12.4 Å². The van der Waals surface area contributed by atoms with Crippen molar-refractivity contribution in [1.82, 2.24) is 9.78 Å². The van der Waals surface area contributed by atoms with Crippen LogP contribution in [0.1, 0.15) is 6.42 Å². The average molecular weight is 172 g/mol. The van der Waals surface area contributed by atoms with Gasteiger partial charge in [-0.15, -0.1) is 0 Å². The normalized spacial score (nSPS) is 10.0. The molecular formula is C7H12N2OS. The fraction of sp³-hybridized carbons (Fsp3) is 0.571. The molecule has 0 aliphatic carbocycles. The van der Waals surface area contributed by atoms with Crippen molar-refractivity contribution in [3.63, 3.8) is 0 Å². The molecule has 0 fully saturated rings. The fourth-order valence-electron chi connectivity index (χ4n) is 0.728. The van der Waals surface area contributed by atoms with E-state index in [9.17, 15) is 0 Å². The van der Waals surface area contributed by atoms with E-state index in [0.717, 1.165) is 24.5 Å². The van der Waals surface area contributed by atoms with E-state index in [-0.39, 0.29) is 0 Å². The van der Waals surface area contributed by atoms with E-state index in [1.165, 1.54) is 0 Å². The lowest BCUT2D eigenvalue weighted by Crippen LogP contribution is -1.96. The first-order valence-corrected chi connectivity index (χ1v) is 4.18. The molecule has 1 aromatic rings. The van der Waals surface area contributed by atoms with Crippen molar-refractivity contribution in [2.24, 2.45) is 7.05 Å². The average Bonchev–Trinajstić information content (AvgIpc) is 2.37. The van der Waals surface area contributed by atoms with E-state index in [2.05, 4.69) is 17.7 Å². The highest BCUT2D eigenvalue weighted by atomic mass is 32.1. The first-order valence-electron chi connectivity index (χ1n) is 3.55. The molecule has 0 aliphatic rings. The number of hydrogen-bond acceptors (Lipinski definition) is 3. The molecule has 1 aromatic heterocycles. The van der Waals surface area contributed by atoms with E-state index in [1.54, 1.807) is 10.9 Å². The number of thiol groups is 1.